The van der Waals surface area contributed by atoms with Gasteiger partial charge in [0.05, 0.1) is 12.6 Å². The van der Waals surface area contributed by atoms with Crippen LogP contribution in [0.5, 0.6) is 0 Å². The standard InChI is InChI=1S/C10H16F3NO5S/c1-9(2,3)18-8(15)14-5-4-7(6-14)19-20(16,17)10(11,12)13/h7H,4-6H2,1-3H3/t7-/m1/s1. The van der Waals surface area contributed by atoms with Gasteiger partial charge in [-0.1, -0.05) is 0 Å². The van der Waals surface area contributed by atoms with E-state index in [1.807, 2.05) is 0 Å². The van der Waals surface area contributed by atoms with Crippen molar-refractivity contribution in [1.82, 2.24) is 4.90 Å². The Morgan fingerprint density at radius 1 is 1.25 bits per heavy atom. The van der Waals surface area contributed by atoms with Gasteiger partial charge in [0.25, 0.3) is 0 Å². The molecule has 10 heteroatoms. The maximum atomic E-state index is 12.1. The summed E-state index contributed by atoms with van der Waals surface area (Å²) in [5, 5.41) is 0. The van der Waals surface area contributed by atoms with Gasteiger partial charge in [0.2, 0.25) is 0 Å². The van der Waals surface area contributed by atoms with Crippen molar-refractivity contribution in [2.45, 2.75) is 44.4 Å². The topological polar surface area (TPSA) is 72.9 Å². The quantitative estimate of drug-likeness (QED) is 0.574. The van der Waals surface area contributed by atoms with Crippen molar-refractivity contribution in [3.8, 4) is 0 Å². The summed E-state index contributed by atoms with van der Waals surface area (Å²) in [7, 11) is -5.64. The maximum absolute atomic E-state index is 12.1. The van der Waals surface area contributed by atoms with E-state index in [4.69, 9.17) is 4.74 Å². The smallest absolute Gasteiger partial charge is 0.444 e. The zero-order valence-corrected chi connectivity index (χ0v) is 12.0. The zero-order valence-electron chi connectivity index (χ0n) is 11.2. The second kappa shape index (κ2) is 5.40. The number of hydrogen-bond acceptors (Lipinski definition) is 5. The highest BCUT2D eigenvalue weighted by atomic mass is 32.2. The number of halogens is 3. The lowest BCUT2D eigenvalue weighted by atomic mass is 10.2. The molecule has 0 spiro atoms. The first-order chi connectivity index (χ1) is 8.82. The molecular formula is C10H16F3NO5S. The number of nitrogens with zero attached hydrogens (tertiary/aromatic N) is 1. The minimum atomic E-state index is -5.64. The van der Waals surface area contributed by atoms with Crippen molar-refractivity contribution < 1.29 is 35.3 Å². The van der Waals surface area contributed by atoms with Gasteiger partial charge >= 0.3 is 21.7 Å². The Morgan fingerprint density at radius 2 is 1.80 bits per heavy atom. The van der Waals surface area contributed by atoms with Crippen LogP contribution in [0.2, 0.25) is 0 Å². The van der Waals surface area contributed by atoms with Crippen molar-refractivity contribution in [2.24, 2.45) is 0 Å². The molecule has 0 saturated carbocycles. The van der Waals surface area contributed by atoms with Gasteiger partial charge in [0.1, 0.15) is 5.60 Å². The molecule has 1 amide bonds. The van der Waals surface area contributed by atoms with Gasteiger partial charge in [0.15, 0.2) is 0 Å². The molecule has 0 aliphatic carbocycles. The number of amides is 1. The monoisotopic (exact) mass is 319 g/mol. The zero-order chi connectivity index (χ0) is 15.8. The summed E-state index contributed by atoms with van der Waals surface area (Å²) < 4.78 is 67.2. The molecule has 0 unspecified atom stereocenters. The molecule has 1 fully saturated rings. The number of carbonyl (C=O) groups is 1. The maximum Gasteiger partial charge on any atom is 0.523 e. The Kier molecular flexibility index (Phi) is 4.59. The molecule has 0 aromatic heterocycles. The van der Waals surface area contributed by atoms with Crippen LogP contribution in [0.25, 0.3) is 0 Å². The lowest BCUT2D eigenvalue weighted by molar-refractivity contribution is -0.0569. The first-order valence-electron chi connectivity index (χ1n) is 5.79. The Morgan fingerprint density at radius 3 is 2.25 bits per heavy atom. The highest BCUT2D eigenvalue weighted by molar-refractivity contribution is 7.87. The second-order valence-electron chi connectivity index (χ2n) is 5.33. The molecule has 1 heterocycles. The van der Waals surface area contributed by atoms with Crippen LogP contribution in [-0.4, -0.2) is 49.7 Å². The van der Waals surface area contributed by atoms with Gasteiger partial charge in [-0.05, 0) is 27.2 Å². The van der Waals surface area contributed by atoms with Gasteiger partial charge < -0.3 is 9.64 Å². The van der Waals surface area contributed by atoms with Crippen LogP contribution < -0.4 is 0 Å². The largest absolute Gasteiger partial charge is 0.523 e. The molecule has 0 aromatic rings. The third-order valence-corrected chi connectivity index (χ3v) is 3.44. The van der Waals surface area contributed by atoms with Crippen LogP contribution >= 0.6 is 0 Å². The molecule has 0 bridgehead atoms. The van der Waals surface area contributed by atoms with Crippen molar-refractivity contribution >= 4 is 16.2 Å². The molecular weight excluding hydrogens is 303 g/mol. The molecule has 1 saturated heterocycles. The summed E-state index contributed by atoms with van der Waals surface area (Å²) in [6.45, 7) is 4.74. The molecule has 0 radical (unpaired) electrons. The van der Waals surface area contributed by atoms with E-state index >= 15 is 0 Å². The summed E-state index contributed by atoms with van der Waals surface area (Å²) in [5.74, 6) is 0. The number of rotatable bonds is 2. The first kappa shape index (κ1) is 17.0. The summed E-state index contributed by atoms with van der Waals surface area (Å²) in [4.78, 5) is 12.8. The molecule has 118 valence electrons. The van der Waals surface area contributed by atoms with Gasteiger partial charge in [-0.3, -0.25) is 4.18 Å². The van der Waals surface area contributed by atoms with Crippen LogP contribution in [0.3, 0.4) is 0 Å². The second-order valence-corrected chi connectivity index (χ2v) is 6.90. The average Bonchev–Trinajstić information content (AvgIpc) is 2.60. The molecule has 0 N–H and O–H groups in total. The Labute approximate surface area is 114 Å². The molecule has 1 rings (SSSR count). The fraction of sp³-hybridized carbons (Fsp3) is 0.900. The minimum absolute atomic E-state index is 0.00540. The Balaban J connectivity index is 2.59. The van der Waals surface area contributed by atoms with Crippen LogP contribution in [0.4, 0.5) is 18.0 Å². The van der Waals surface area contributed by atoms with E-state index in [1.54, 1.807) is 20.8 Å². The van der Waals surface area contributed by atoms with Gasteiger partial charge in [-0.15, -0.1) is 0 Å². The van der Waals surface area contributed by atoms with E-state index in [9.17, 15) is 26.4 Å². The Bertz CT molecular complexity index is 468. The first-order valence-corrected chi connectivity index (χ1v) is 7.20. The van der Waals surface area contributed by atoms with E-state index in [0.717, 1.165) is 4.90 Å². The number of ether oxygens (including phenoxy) is 1. The summed E-state index contributed by atoms with van der Waals surface area (Å²) in [5.41, 5.74) is -6.21. The SMILES string of the molecule is CC(C)(C)OC(=O)N1CC[C@@H](OS(=O)(=O)C(F)(F)F)C1. The highest BCUT2D eigenvalue weighted by Crippen LogP contribution is 2.28. The van der Waals surface area contributed by atoms with Gasteiger partial charge in [-0.2, -0.15) is 21.6 Å². The molecule has 6 nitrogen and oxygen atoms in total. The van der Waals surface area contributed by atoms with Gasteiger partial charge in [-0.25, -0.2) is 4.79 Å². The summed E-state index contributed by atoms with van der Waals surface area (Å²) in [6.07, 6.45) is -1.93. The van der Waals surface area contributed by atoms with E-state index in [0.29, 0.717) is 0 Å². The molecule has 1 atom stereocenters. The van der Waals surface area contributed by atoms with Crippen molar-refractivity contribution in [3.05, 3.63) is 0 Å². The normalized spacial score (nSPS) is 21.1. The van der Waals surface area contributed by atoms with Crippen LogP contribution in [0.15, 0.2) is 0 Å². The van der Waals surface area contributed by atoms with Crippen LogP contribution in [0, 0.1) is 0 Å². The number of likely N-dealkylation sites (tertiary alicyclic amines) is 1. The predicted octanol–water partition coefficient (Wildman–Crippen LogP) is 1.86. The van der Waals surface area contributed by atoms with E-state index < -0.39 is 33.4 Å². The number of carbonyl (C=O) groups excluding carboxylic acids is 1. The predicted molar refractivity (Wildman–Crippen MR) is 62.3 cm³/mol. The lowest BCUT2D eigenvalue weighted by Gasteiger charge is -2.24. The van der Waals surface area contributed by atoms with Crippen molar-refractivity contribution in [3.63, 3.8) is 0 Å². The molecule has 1 aliphatic heterocycles. The summed E-state index contributed by atoms with van der Waals surface area (Å²) >= 11 is 0. The molecule has 1 aliphatic rings. The van der Waals surface area contributed by atoms with Crippen LogP contribution in [-0.2, 0) is 19.0 Å². The highest BCUT2D eigenvalue weighted by Gasteiger charge is 2.49. The molecule has 20 heavy (non-hydrogen) atoms. The fourth-order valence-corrected chi connectivity index (χ4v) is 2.16. The lowest BCUT2D eigenvalue weighted by Crippen LogP contribution is -2.37. The summed E-state index contributed by atoms with van der Waals surface area (Å²) in [6, 6.07) is 0. The van der Waals surface area contributed by atoms with Gasteiger partial charge in [0, 0.05) is 6.54 Å². The third kappa shape index (κ3) is 4.51. The van der Waals surface area contributed by atoms with Crippen LogP contribution in [0.1, 0.15) is 27.2 Å². The van der Waals surface area contributed by atoms with E-state index in [2.05, 4.69) is 4.18 Å². The average molecular weight is 319 g/mol. The number of alkyl halides is 3. The fourth-order valence-electron chi connectivity index (χ4n) is 1.53. The van der Waals surface area contributed by atoms with Crippen molar-refractivity contribution in [2.75, 3.05) is 13.1 Å². The number of hydrogen-bond donors (Lipinski definition) is 0. The minimum Gasteiger partial charge on any atom is -0.444 e. The van der Waals surface area contributed by atoms with Crippen molar-refractivity contribution in [1.29, 1.82) is 0 Å². The Hall–Kier alpha value is -1.03. The van der Waals surface area contributed by atoms with E-state index in [-0.39, 0.29) is 19.5 Å². The molecule has 0 aromatic carbocycles. The van der Waals surface area contributed by atoms with E-state index in [1.165, 1.54) is 0 Å². The third-order valence-electron chi connectivity index (χ3n) is 2.34.